The van der Waals surface area contributed by atoms with E-state index >= 15 is 0 Å². The maximum atomic E-state index is 14.7. The lowest BCUT2D eigenvalue weighted by molar-refractivity contribution is 0.263. The van der Waals surface area contributed by atoms with Gasteiger partial charge < -0.3 is 20.9 Å². The van der Waals surface area contributed by atoms with Crippen LogP contribution in [-0.2, 0) is 7.05 Å². The third-order valence-electron chi connectivity index (χ3n) is 7.64. The van der Waals surface area contributed by atoms with Crippen LogP contribution in [0.2, 0.25) is 5.15 Å². The molecule has 0 aliphatic carbocycles. The molecule has 40 heavy (non-hydrogen) atoms. The number of halogens is 2. The van der Waals surface area contributed by atoms with E-state index in [-0.39, 0.29) is 28.4 Å². The quantitative estimate of drug-likeness (QED) is 0.196. The number of hydrogen-bond acceptors (Lipinski definition) is 7. The highest BCUT2D eigenvalue weighted by atomic mass is 35.5. The lowest BCUT2D eigenvalue weighted by atomic mass is 9.93. The van der Waals surface area contributed by atoms with Gasteiger partial charge in [0.25, 0.3) is 5.56 Å². The molecule has 1 aliphatic heterocycles. The molecule has 1 atom stereocenters. The summed E-state index contributed by atoms with van der Waals surface area (Å²) in [6.07, 6.45) is 5.89. The highest BCUT2D eigenvalue weighted by Gasteiger charge is 2.24. The average molecular weight is 562 g/mol. The summed E-state index contributed by atoms with van der Waals surface area (Å²) in [6, 6.07) is 8.77. The van der Waals surface area contributed by atoms with Gasteiger partial charge in [-0.1, -0.05) is 17.7 Å². The van der Waals surface area contributed by atoms with E-state index in [4.69, 9.17) is 17.0 Å². The number of pyridine rings is 3. The van der Waals surface area contributed by atoms with E-state index in [0.29, 0.717) is 28.1 Å². The highest BCUT2D eigenvalue weighted by Crippen LogP contribution is 2.35. The molecule has 1 aromatic carbocycles. The van der Waals surface area contributed by atoms with E-state index in [0.717, 1.165) is 48.6 Å². The van der Waals surface area contributed by atoms with Gasteiger partial charge in [0.1, 0.15) is 11.0 Å². The van der Waals surface area contributed by atoms with Gasteiger partial charge in [0.15, 0.2) is 5.82 Å². The first-order chi connectivity index (χ1) is 19.2. The number of fused-ring (bicyclic) bond motifs is 1. The number of aromatic nitrogens is 3. The normalized spacial score (nSPS) is 15.2. The van der Waals surface area contributed by atoms with Crippen LogP contribution in [0, 0.1) is 18.2 Å². The second-order valence-corrected chi connectivity index (χ2v) is 10.9. The van der Waals surface area contributed by atoms with E-state index in [1.165, 1.54) is 12.4 Å². The van der Waals surface area contributed by atoms with Crippen LogP contribution in [0.25, 0.3) is 22.0 Å². The van der Waals surface area contributed by atoms with Crippen LogP contribution >= 0.6 is 11.6 Å². The molecule has 3 aromatic heterocycles. The van der Waals surface area contributed by atoms with Crippen molar-refractivity contribution in [3.63, 3.8) is 0 Å². The predicted molar refractivity (Wildman–Crippen MR) is 160 cm³/mol. The predicted octanol–water partition coefficient (Wildman–Crippen LogP) is 5.77. The van der Waals surface area contributed by atoms with Crippen molar-refractivity contribution in [1.29, 1.82) is 5.41 Å². The second-order valence-electron chi connectivity index (χ2n) is 10.5. The molecule has 4 aromatic rings. The molecule has 5 rings (SSSR count). The van der Waals surface area contributed by atoms with Crippen molar-refractivity contribution in [1.82, 2.24) is 19.4 Å². The number of hydrogen-bond donors (Lipinski definition) is 3. The van der Waals surface area contributed by atoms with Crippen molar-refractivity contribution < 1.29 is 4.39 Å². The van der Waals surface area contributed by atoms with Crippen LogP contribution in [0.15, 0.2) is 47.5 Å². The molecule has 1 fully saturated rings. The van der Waals surface area contributed by atoms with Crippen molar-refractivity contribution in [2.45, 2.75) is 38.8 Å². The molecule has 0 amide bonds. The zero-order valence-corrected chi connectivity index (χ0v) is 23.8. The van der Waals surface area contributed by atoms with Crippen LogP contribution in [0.5, 0.6) is 0 Å². The highest BCUT2D eigenvalue weighted by molar-refractivity contribution is 6.29. The van der Waals surface area contributed by atoms with Gasteiger partial charge in [0.05, 0.1) is 17.6 Å². The Morgan fingerprint density at radius 1 is 1.20 bits per heavy atom. The number of likely N-dealkylation sites (tertiary alicyclic amines) is 1. The van der Waals surface area contributed by atoms with Gasteiger partial charge >= 0.3 is 0 Å². The fourth-order valence-corrected chi connectivity index (χ4v) is 5.65. The fourth-order valence-electron chi connectivity index (χ4n) is 5.50. The fraction of sp³-hybridized carbons (Fsp3) is 0.333. The van der Waals surface area contributed by atoms with Gasteiger partial charge in [-0.3, -0.25) is 14.3 Å². The molecule has 3 N–H and O–H groups in total. The molecule has 208 valence electrons. The molecule has 1 unspecified atom stereocenters. The SMILES string of the molecule is Cc1cc(C(C)Nc2ccc(Cl)nc2-c2ccncc2F)c2c(C=N)c(NC3CCN(C)CC3)n(C)c(=O)c2c1. The molecule has 0 radical (unpaired) electrons. The number of rotatable bonds is 7. The zero-order chi connectivity index (χ0) is 28.6. The maximum absolute atomic E-state index is 14.7. The van der Waals surface area contributed by atoms with Crippen molar-refractivity contribution in [2.75, 3.05) is 30.8 Å². The third kappa shape index (κ3) is 5.31. The molecule has 8 nitrogen and oxygen atoms in total. The number of anilines is 2. The van der Waals surface area contributed by atoms with Crippen molar-refractivity contribution in [2.24, 2.45) is 7.05 Å². The summed E-state index contributed by atoms with van der Waals surface area (Å²) in [5.41, 5.74) is 3.55. The van der Waals surface area contributed by atoms with Gasteiger partial charge in [-0.15, -0.1) is 0 Å². The first-order valence-electron chi connectivity index (χ1n) is 13.3. The molecule has 4 heterocycles. The summed E-state index contributed by atoms with van der Waals surface area (Å²) in [4.78, 5) is 24.2. The summed E-state index contributed by atoms with van der Waals surface area (Å²) >= 11 is 6.20. The summed E-state index contributed by atoms with van der Waals surface area (Å²) < 4.78 is 16.3. The van der Waals surface area contributed by atoms with E-state index < -0.39 is 5.82 Å². The first-order valence-corrected chi connectivity index (χ1v) is 13.7. The van der Waals surface area contributed by atoms with E-state index in [2.05, 4.69) is 32.5 Å². The Morgan fingerprint density at radius 3 is 2.65 bits per heavy atom. The minimum absolute atomic E-state index is 0.124. The second kappa shape index (κ2) is 11.3. The Hall–Kier alpha value is -3.82. The van der Waals surface area contributed by atoms with Gasteiger partial charge in [-0.2, -0.15) is 0 Å². The largest absolute Gasteiger partial charge is 0.377 e. The first kappa shape index (κ1) is 27.7. The smallest absolute Gasteiger partial charge is 0.259 e. The molecule has 0 saturated carbocycles. The average Bonchev–Trinajstić information content (AvgIpc) is 2.94. The van der Waals surface area contributed by atoms with Crippen LogP contribution in [0.4, 0.5) is 15.9 Å². The molecular formula is C30H33ClFN7O. The Kier molecular flexibility index (Phi) is 7.87. The Morgan fingerprint density at radius 2 is 1.95 bits per heavy atom. The zero-order valence-electron chi connectivity index (χ0n) is 23.1. The third-order valence-corrected chi connectivity index (χ3v) is 7.85. The summed E-state index contributed by atoms with van der Waals surface area (Å²) in [5, 5.41) is 17.0. The number of aryl methyl sites for hydroxylation is 1. The summed E-state index contributed by atoms with van der Waals surface area (Å²) in [6.45, 7) is 5.87. The Bertz CT molecular complexity index is 1650. The standard InChI is InChI=1S/C30H33ClFN7O/c1-17-13-21(18(2)35-25-5-6-26(31)37-28(25)20-7-10-34-16-24(20)32)27-22(14-17)30(40)39(4)29(23(27)15-33)36-19-8-11-38(3)12-9-19/h5-7,10,13-16,18-19,33,35-36H,8-9,11-12H2,1-4H3. The molecule has 1 aliphatic rings. The molecule has 0 bridgehead atoms. The van der Waals surface area contributed by atoms with E-state index in [9.17, 15) is 9.18 Å². The van der Waals surface area contributed by atoms with Gasteiger partial charge in [0, 0.05) is 53.4 Å². The molecule has 1 saturated heterocycles. The van der Waals surface area contributed by atoms with E-state index in [1.807, 2.05) is 26.0 Å². The van der Waals surface area contributed by atoms with Crippen molar-refractivity contribution in [3.05, 3.63) is 80.7 Å². The van der Waals surface area contributed by atoms with Crippen molar-refractivity contribution >= 4 is 40.1 Å². The maximum Gasteiger partial charge on any atom is 0.259 e. The minimum atomic E-state index is -0.506. The van der Waals surface area contributed by atoms with Crippen LogP contribution in [0.3, 0.4) is 0 Å². The van der Waals surface area contributed by atoms with Crippen LogP contribution in [0.1, 0.15) is 42.5 Å². The van der Waals surface area contributed by atoms with E-state index in [1.54, 1.807) is 29.8 Å². The lowest BCUT2D eigenvalue weighted by Gasteiger charge is -2.31. The van der Waals surface area contributed by atoms with Crippen LogP contribution < -0.4 is 16.2 Å². The minimum Gasteiger partial charge on any atom is -0.377 e. The number of piperidine rings is 1. The monoisotopic (exact) mass is 561 g/mol. The van der Waals surface area contributed by atoms with Gasteiger partial charge in [0.2, 0.25) is 0 Å². The van der Waals surface area contributed by atoms with Gasteiger partial charge in [-0.05, 0) is 82.2 Å². The molecule has 10 heteroatoms. The van der Waals surface area contributed by atoms with Crippen LogP contribution in [-0.4, -0.2) is 51.8 Å². The number of nitrogens with zero attached hydrogens (tertiary/aromatic N) is 4. The lowest BCUT2D eigenvalue weighted by Crippen LogP contribution is -2.38. The van der Waals surface area contributed by atoms with Crippen molar-refractivity contribution in [3.8, 4) is 11.3 Å². The number of benzene rings is 1. The molecular weight excluding hydrogens is 529 g/mol. The topological polar surface area (TPSA) is 98.9 Å². The summed E-state index contributed by atoms with van der Waals surface area (Å²) in [5.74, 6) is 0.139. The Labute approximate surface area is 237 Å². The van der Waals surface area contributed by atoms with Gasteiger partial charge in [-0.25, -0.2) is 9.37 Å². The Balaban J connectivity index is 1.62. The summed E-state index contributed by atoms with van der Waals surface area (Å²) in [7, 11) is 3.86. The molecule has 0 spiro atoms. The number of nitrogens with one attached hydrogen (secondary N) is 3.